The largest absolute Gasteiger partial charge is 0.484 e. The molecule has 0 fully saturated rings. The molecule has 3 aromatic rings. The van der Waals surface area contributed by atoms with Gasteiger partial charge >= 0.3 is 0 Å². The third-order valence-corrected chi connectivity index (χ3v) is 4.38. The van der Waals surface area contributed by atoms with Crippen molar-refractivity contribution in [1.82, 2.24) is 0 Å². The minimum Gasteiger partial charge on any atom is -0.484 e. The Labute approximate surface area is 170 Å². The number of aryl methyl sites for hydroxylation is 2. The predicted octanol–water partition coefficient (Wildman–Crippen LogP) is 4.83. The van der Waals surface area contributed by atoms with Crippen LogP contribution in [0.2, 0.25) is 0 Å². The number of hydrogen-bond donors (Lipinski definition) is 2. The summed E-state index contributed by atoms with van der Waals surface area (Å²) in [6.45, 7) is 3.94. The molecule has 0 atom stereocenters. The van der Waals surface area contributed by atoms with Crippen molar-refractivity contribution < 1.29 is 14.3 Å². The van der Waals surface area contributed by atoms with Crippen LogP contribution in [-0.4, -0.2) is 18.4 Å². The minimum absolute atomic E-state index is 0.0704. The molecule has 0 saturated heterocycles. The van der Waals surface area contributed by atoms with Gasteiger partial charge in [-0.2, -0.15) is 0 Å². The first-order valence-electron chi connectivity index (χ1n) is 9.53. The summed E-state index contributed by atoms with van der Waals surface area (Å²) in [6, 6.07) is 22.1. The molecule has 2 N–H and O–H groups in total. The number of anilines is 2. The second-order valence-corrected chi connectivity index (χ2v) is 6.74. The zero-order valence-corrected chi connectivity index (χ0v) is 16.6. The molecule has 148 valence electrons. The molecule has 0 bridgehead atoms. The Bertz CT molecular complexity index is 997. The maximum Gasteiger partial charge on any atom is 0.262 e. The summed E-state index contributed by atoms with van der Waals surface area (Å²) in [5.74, 6) is 0.255. The van der Waals surface area contributed by atoms with Gasteiger partial charge in [0.2, 0.25) is 0 Å². The van der Waals surface area contributed by atoms with Gasteiger partial charge in [-0.25, -0.2) is 0 Å². The predicted molar refractivity (Wildman–Crippen MR) is 116 cm³/mol. The smallest absolute Gasteiger partial charge is 0.262 e. The van der Waals surface area contributed by atoms with Crippen LogP contribution in [0.15, 0.2) is 72.8 Å². The number of carbonyl (C=O) groups is 2. The van der Waals surface area contributed by atoms with E-state index < -0.39 is 0 Å². The molecule has 3 aromatic carbocycles. The van der Waals surface area contributed by atoms with Crippen molar-refractivity contribution in [3.8, 4) is 5.75 Å². The van der Waals surface area contributed by atoms with Crippen LogP contribution in [-0.2, 0) is 11.2 Å². The van der Waals surface area contributed by atoms with E-state index >= 15 is 0 Å². The lowest BCUT2D eigenvalue weighted by atomic mass is 10.1. The number of benzene rings is 3. The summed E-state index contributed by atoms with van der Waals surface area (Å²) in [6.07, 6.45) is 0.913. The maximum absolute atomic E-state index is 12.3. The third-order valence-electron chi connectivity index (χ3n) is 4.38. The molecule has 2 amide bonds. The average Bonchev–Trinajstić information content (AvgIpc) is 2.74. The number of rotatable bonds is 7. The number of amides is 2. The van der Waals surface area contributed by atoms with Gasteiger partial charge in [-0.1, -0.05) is 36.8 Å². The van der Waals surface area contributed by atoms with Crippen molar-refractivity contribution in [3.05, 3.63) is 89.5 Å². The van der Waals surface area contributed by atoms with Crippen molar-refractivity contribution >= 4 is 23.2 Å². The fourth-order valence-electron chi connectivity index (χ4n) is 2.83. The highest BCUT2D eigenvalue weighted by molar-refractivity contribution is 6.04. The highest BCUT2D eigenvalue weighted by atomic mass is 16.5. The molecule has 29 heavy (non-hydrogen) atoms. The van der Waals surface area contributed by atoms with Gasteiger partial charge < -0.3 is 15.4 Å². The molecule has 0 aliphatic heterocycles. The van der Waals surface area contributed by atoms with E-state index in [1.807, 2.05) is 49.4 Å². The molecule has 0 heterocycles. The van der Waals surface area contributed by atoms with Gasteiger partial charge in [-0.3, -0.25) is 9.59 Å². The Morgan fingerprint density at radius 1 is 0.862 bits per heavy atom. The van der Waals surface area contributed by atoms with Crippen molar-refractivity contribution in [1.29, 1.82) is 0 Å². The number of carbonyl (C=O) groups excluding carboxylic acids is 2. The first-order chi connectivity index (χ1) is 14.0. The zero-order chi connectivity index (χ0) is 20.6. The van der Waals surface area contributed by atoms with Crippen LogP contribution >= 0.6 is 0 Å². The molecule has 0 radical (unpaired) electrons. The Morgan fingerprint density at radius 2 is 1.55 bits per heavy atom. The maximum atomic E-state index is 12.3. The molecular weight excluding hydrogens is 364 g/mol. The highest BCUT2D eigenvalue weighted by Crippen LogP contribution is 2.16. The quantitative estimate of drug-likeness (QED) is 0.609. The van der Waals surface area contributed by atoms with Gasteiger partial charge in [0, 0.05) is 16.9 Å². The molecule has 0 saturated carbocycles. The Morgan fingerprint density at radius 3 is 2.24 bits per heavy atom. The molecular formula is C24H24N2O3. The van der Waals surface area contributed by atoms with Gasteiger partial charge in [0.25, 0.3) is 11.8 Å². The lowest BCUT2D eigenvalue weighted by Crippen LogP contribution is -2.20. The number of ether oxygens (including phenoxy) is 1. The summed E-state index contributed by atoms with van der Waals surface area (Å²) < 4.78 is 5.55. The molecule has 5 nitrogen and oxygen atoms in total. The van der Waals surface area contributed by atoms with Crippen molar-refractivity contribution in [3.63, 3.8) is 0 Å². The van der Waals surface area contributed by atoms with E-state index in [0.717, 1.165) is 17.5 Å². The first-order valence-corrected chi connectivity index (χ1v) is 9.53. The van der Waals surface area contributed by atoms with Crippen LogP contribution < -0.4 is 15.4 Å². The lowest BCUT2D eigenvalue weighted by Gasteiger charge is -2.10. The van der Waals surface area contributed by atoms with E-state index in [1.165, 1.54) is 0 Å². The second kappa shape index (κ2) is 9.55. The third kappa shape index (κ3) is 5.94. The van der Waals surface area contributed by atoms with Crippen molar-refractivity contribution in [2.75, 3.05) is 17.2 Å². The summed E-state index contributed by atoms with van der Waals surface area (Å²) in [5, 5.41) is 5.63. The highest BCUT2D eigenvalue weighted by Gasteiger charge is 2.07. The topological polar surface area (TPSA) is 67.4 Å². The van der Waals surface area contributed by atoms with Gasteiger partial charge in [-0.15, -0.1) is 0 Å². The monoisotopic (exact) mass is 388 g/mol. The molecule has 0 aliphatic carbocycles. The standard InChI is InChI=1S/C24H24N2O3/c1-3-18-7-5-9-22(15-18)29-16-23(27)25-20-10-12-21(13-11-20)26-24(28)19-8-4-6-17(2)14-19/h4-15H,3,16H2,1-2H3,(H,25,27)(H,26,28). The van der Waals surface area contributed by atoms with Crippen LogP contribution in [0.3, 0.4) is 0 Å². The number of hydrogen-bond acceptors (Lipinski definition) is 3. The summed E-state index contributed by atoms with van der Waals surface area (Å²) in [5.41, 5.74) is 4.08. The summed E-state index contributed by atoms with van der Waals surface area (Å²) in [4.78, 5) is 24.4. The van der Waals surface area contributed by atoms with E-state index in [1.54, 1.807) is 30.3 Å². The molecule has 0 spiro atoms. The van der Waals surface area contributed by atoms with E-state index in [4.69, 9.17) is 4.74 Å². The second-order valence-electron chi connectivity index (χ2n) is 6.74. The SMILES string of the molecule is CCc1cccc(OCC(=O)Nc2ccc(NC(=O)c3cccc(C)c3)cc2)c1. The van der Waals surface area contributed by atoms with Gasteiger partial charge in [-0.05, 0) is 67.4 Å². The van der Waals surface area contributed by atoms with Gasteiger partial charge in [0.05, 0.1) is 0 Å². The van der Waals surface area contributed by atoms with Crippen LogP contribution in [0.4, 0.5) is 11.4 Å². The van der Waals surface area contributed by atoms with Crippen molar-refractivity contribution in [2.45, 2.75) is 20.3 Å². The number of nitrogens with one attached hydrogen (secondary N) is 2. The zero-order valence-electron chi connectivity index (χ0n) is 16.6. The van der Waals surface area contributed by atoms with E-state index in [2.05, 4.69) is 17.6 Å². The molecule has 5 heteroatoms. The van der Waals surface area contributed by atoms with Gasteiger partial charge in [0.15, 0.2) is 6.61 Å². The molecule has 0 aromatic heterocycles. The molecule has 0 unspecified atom stereocenters. The summed E-state index contributed by atoms with van der Waals surface area (Å²) in [7, 11) is 0. The Balaban J connectivity index is 1.51. The van der Waals surface area contributed by atoms with Crippen LogP contribution in [0, 0.1) is 6.92 Å². The van der Waals surface area contributed by atoms with Crippen LogP contribution in [0.25, 0.3) is 0 Å². The van der Waals surface area contributed by atoms with E-state index in [-0.39, 0.29) is 18.4 Å². The molecule has 3 rings (SSSR count). The Hall–Kier alpha value is -3.60. The van der Waals surface area contributed by atoms with Gasteiger partial charge in [0.1, 0.15) is 5.75 Å². The molecule has 0 aliphatic rings. The van der Waals surface area contributed by atoms with Crippen LogP contribution in [0.5, 0.6) is 5.75 Å². The fourth-order valence-corrected chi connectivity index (χ4v) is 2.83. The lowest BCUT2D eigenvalue weighted by molar-refractivity contribution is -0.118. The van der Waals surface area contributed by atoms with Crippen LogP contribution in [0.1, 0.15) is 28.4 Å². The minimum atomic E-state index is -0.247. The van der Waals surface area contributed by atoms with E-state index in [0.29, 0.717) is 22.7 Å². The fraction of sp³-hybridized carbons (Fsp3) is 0.167. The van der Waals surface area contributed by atoms with E-state index in [9.17, 15) is 9.59 Å². The average molecular weight is 388 g/mol. The summed E-state index contributed by atoms with van der Waals surface area (Å²) >= 11 is 0. The first kappa shape index (κ1) is 20.1. The normalized spacial score (nSPS) is 10.3. The Kier molecular flexibility index (Phi) is 6.63. The van der Waals surface area contributed by atoms with Crippen molar-refractivity contribution in [2.24, 2.45) is 0 Å².